The van der Waals surface area contributed by atoms with E-state index in [1.54, 1.807) is 12.1 Å². The van der Waals surface area contributed by atoms with Gasteiger partial charge >= 0.3 is 0 Å². The lowest BCUT2D eigenvalue weighted by Gasteiger charge is -2.08. The number of halogens is 2. The van der Waals surface area contributed by atoms with Crippen molar-refractivity contribution in [3.05, 3.63) is 58.4 Å². The Labute approximate surface area is 115 Å². The third kappa shape index (κ3) is 3.23. The topological polar surface area (TPSA) is 55.1 Å². The van der Waals surface area contributed by atoms with Gasteiger partial charge in [0.15, 0.2) is 0 Å². The number of carbonyl (C=O) groups is 1. The maximum Gasteiger partial charge on any atom is 0.255 e. The fraction of sp³-hybridized carbons (Fsp3) is 0.0714. The molecule has 0 aliphatic carbocycles. The van der Waals surface area contributed by atoms with E-state index in [-0.39, 0.29) is 5.69 Å². The summed E-state index contributed by atoms with van der Waals surface area (Å²) in [6, 6.07) is 8.92. The van der Waals surface area contributed by atoms with Crippen molar-refractivity contribution in [3.8, 4) is 0 Å². The molecule has 0 aliphatic heterocycles. The van der Waals surface area contributed by atoms with Crippen LogP contribution in [0.2, 0.25) is 5.02 Å². The molecular formula is C14H12ClFN2O. The Morgan fingerprint density at radius 2 is 2.00 bits per heavy atom. The summed E-state index contributed by atoms with van der Waals surface area (Å²) in [4.78, 5) is 12.0. The van der Waals surface area contributed by atoms with Crippen molar-refractivity contribution in [2.75, 3.05) is 11.1 Å². The van der Waals surface area contributed by atoms with Gasteiger partial charge in [0.25, 0.3) is 5.91 Å². The van der Waals surface area contributed by atoms with Gasteiger partial charge in [-0.15, -0.1) is 0 Å². The lowest BCUT2D eigenvalue weighted by molar-refractivity contribution is 0.102. The van der Waals surface area contributed by atoms with Crippen LogP contribution in [0.3, 0.4) is 0 Å². The maximum absolute atomic E-state index is 13.5. The Balaban J connectivity index is 2.28. The number of rotatable bonds is 2. The standard InChI is InChI=1S/C14H12ClFN2O/c1-8-4-9(6-11(17)5-8)14(19)18-13-7-10(15)2-3-12(13)16/h2-7H,17H2,1H3,(H,18,19). The normalized spacial score (nSPS) is 10.3. The first kappa shape index (κ1) is 13.4. The van der Waals surface area contributed by atoms with Crippen molar-refractivity contribution in [2.45, 2.75) is 6.92 Å². The summed E-state index contributed by atoms with van der Waals surface area (Å²) >= 11 is 5.76. The van der Waals surface area contributed by atoms with Gasteiger partial charge in [-0.1, -0.05) is 11.6 Å². The zero-order chi connectivity index (χ0) is 14.0. The molecule has 0 aliphatic rings. The van der Waals surface area contributed by atoms with Crippen LogP contribution in [-0.2, 0) is 0 Å². The lowest BCUT2D eigenvalue weighted by Crippen LogP contribution is -2.13. The molecule has 3 N–H and O–H groups in total. The van der Waals surface area contributed by atoms with E-state index < -0.39 is 11.7 Å². The highest BCUT2D eigenvalue weighted by atomic mass is 35.5. The van der Waals surface area contributed by atoms with Gasteiger partial charge < -0.3 is 11.1 Å². The molecule has 98 valence electrons. The van der Waals surface area contributed by atoms with Gasteiger partial charge in [0.2, 0.25) is 0 Å². The van der Waals surface area contributed by atoms with Crippen molar-refractivity contribution >= 4 is 28.9 Å². The van der Waals surface area contributed by atoms with E-state index in [0.717, 1.165) is 5.56 Å². The van der Waals surface area contributed by atoms with Gasteiger partial charge in [-0.25, -0.2) is 4.39 Å². The molecule has 0 aromatic heterocycles. The van der Waals surface area contributed by atoms with Gasteiger partial charge in [0, 0.05) is 16.3 Å². The number of benzene rings is 2. The Hall–Kier alpha value is -2.07. The second kappa shape index (κ2) is 5.28. The van der Waals surface area contributed by atoms with Gasteiger partial charge in [-0.3, -0.25) is 4.79 Å². The number of amides is 1. The van der Waals surface area contributed by atoms with Crippen LogP contribution in [0.5, 0.6) is 0 Å². The van der Waals surface area contributed by atoms with Crippen molar-refractivity contribution in [2.24, 2.45) is 0 Å². The minimum atomic E-state index is -0.543. The van der Waals surface area contributed by atoms with Crippen LogP contribution in [0.25, 0.3) is 0 Å². The summed E-state index contributed by atoms with van der Waals surface area (Å²) in [5, 5.41) is 2.82. The summed E-state index contributed by atoms with van der Waals surface area (Å²) in [6.45, 7) is 1.83. The second-order valence-electron chi connectivity index (χ2n) is 4.21. The minimum absolute atomic E-state index is 0.0394. The van der Waals surface area contributed by atoms with Crippen LogP contribution in [0.15, 0.2) is 36.4 Å². The number of carbonyl (C=O) groups excluding carboxylic acids is 1. The number of hydrogen-bond acceptors (Lipinski definition) is 2. The lowest BCUT2D eigenvalue weighted by atomic mass is 10.1. The average molecular weight is 279 g/mol. The summed E-state index contributed by atoms with van der Waals surface area (Å²) in [5.74, 6) is -0.977. The summed E-state index contributed by atoms with van der Waals surface area (Å²) in [6.07, 6.45) is 0. The molecular weight excluding hydrogens is 267 g/mol. The molecule has 0 bridgehead atoms. The Morgan fingerprint density at radius 1 is 1.26 bits per heavy atom. The highest BCUT2D eigenvalue weighted by Crippen LogP contribution is 2.21. The van der Waals surface area contributed by atoms with Gasteiger partial charge in [-0.05, 0) is 48.9 Å². The van der Waals surface area contributed by atoms with Crippen molar-refractivity contribution in [1.29, 1.82) is 0 Å². The summed E-state index contributed by atoms with van der Waals surface area (Å²) in [5.41, 5.74) is 7.42. The van der Waals surface area contributed by atoms with Crippen LogP contribution < -0.4 is 11.1 Å². The highest BCUT2D eigenvalue weighted by molar-refractivity contribution is 6.31. The van der Waals surface area contributed by atoms with Crippen LogP contribution in [0.1, 0.15) is 15.9 Å². The smallest absolute Gasteiger partial charge is 0.255 e. The van der Waals surface area contributed by atoms with Crippen molar-refractivity contribution in [3.63, 3.8) is 0 Å². The zero-order valence-electron chi connectivity index (χ0n) is 10.2. The molecule has 2 aromatic carbocycles. The molecule has 2 rings (SSSR count). The van der Waals surface area contributed by atoms with Crippen LogP contribution in [0.4, 0.5) is 15.8 Å². The second-order valence-corrected chi connectivity index (χ2v) is 4.65. The molecule has 3 nitrogen and oxygen atoms in total. The van der Waals surface area contributed by atoms with Crippen LogP contribution in [-0.4, -0.2) is 5.91 Å². The first-order valence-electron chi connectivity index (χ1n) is 5.59. The van der Waals surface area contributed by atoms with Crippen molar-refractivity contribution < 1.29 is 9.18 Å². The first-order valence-corrected chi connectivity index (χ1v) is 5.97. The van der Waals surface area contributed by atoms with E-state index in [2.05, 4.69) is 5.32 Å². The Morgan fingerprint density at radius 3 is 2.68 bits per heavy atom. The minimum Gasteiger partial charge on any atom is -0.399 e. The van der Waals surface area contributed by atoms with Gasteiger partial charge in [0.1, 0.15) is 5.82 Å². The number of nitrogens with one attached hydrogen (secondary N) is 1. The number of hydrogen-bond donors (Lipinski definition) is 2. The fourth-order valence-corrected chi connectivity index (χ4v) is 1.90. The van der Waals surface area contributed by atoms with Gasteiger partial charge in [-0.2, -0.15) is 0 Å². The monoisotopic (exact) mass is 278 g/mol. The third-order valence-electron chi connectivity index (χ3n) is 2.54. The third-order valence-corrected chi connectivity index (χ3v) is 2.77. The van der Waals surface area contributed by atoms with E-state index in [9.17, 15) is 9.18 Å². The predicted molar refractivity (Wildman–Crippen MR) is 75.0 cm³/mol. The van der Waals surface area contributed by atoms with Crippen LogP contribution >= 0.6 is 11.6 Å². The van der Waals surface area contributed by atoms with E-state index in [1.807, 2.05) is 6.92 Å². The molecule has 0 saturated heterocycles. The molecule has 0 radical (unpaired) electrons. The van der Waals surface area contributed by atoms with E-state index in [1.165, 1.54) is 24.3 Å². The average Bonchev–Trinajstić information content (AvgIpc) is 2.32. The summed E-state index contributed by atoms with van der Waals surface area (Å²) in [7, 11) is 0. The molecule has 0 atom stereocenters. The van der Waals surface area contributed by atoms with Crippen molar-refractivity contribution in [1.82, 2.24) is 0 Å². The molecule has 19 heavy (non-hydrogen) atoms. The Kier molecular flexibility index (Phi) is 3.71. The number of nitrogens with two attached hydrogens (primary N) is 1. The highest BCUT2D eigenvalue weighted by Gasteiger charge is 2.10. The maximum atomic E-state index is 13.5. The van der Waals surface area contributed by atoms with Gasteiger partial charge in [0.05, 0.1) is 5.69 Å². The first-order chi connectivity index (χ1) is 8.95. The number of aryl methyl sites for hydroxylation is 1. The Bertz CT molecular complexity index is 623. The molecule has 0 unspecified atom stereocenters. The predicted octanol–water partition coefficient (Wildman–Crippen LogP) is 3.62. The fourth-order valence-electron chi connectivity index (χ4n) is 1.73. The zero-order valence-corrected chi connectivity index (χ0v) is 11.0. The molecule has 0 heterocycles. The molecule has 5 heteroatoms. The van der Waals surface area contributed by atoms with E-state index in [4.69, 9.17) is 17.3 Å². The largest absolute Gasteiger partial charge is 0.399 e. The van der Waals surface area contributed by atoms with E-state index in [0.29, 0.717) is 16.3 Å². The summed E-state index contributed by atoms with van der Waals surface area (Å²) < 4.78 is 13.5. The molecule has 0 fully saturated rings. The molecule has 0 spiro atoms. The molecule has 2 aromatic rings. The van der Waals surface area contributed by atoms with Crippen LogP contribution in [0, 0.1) is 12.7 Å². The van der Waals surface area contributed by atoms with E-state index >= 15 is 0 Å². The quantitative estimate of drug-likeness (QED) is 0.824. The number of nitrogen functional groups attached to an aromatic ring is 1. The SMILES string of the molecule is Cc1cc(N)cc(C(=O)Nc2cc(Cl)ccc2F)c1. The number of anilines is 2. The molecule has 0 saturated carbocycles. The molecule has 1 amide bonds.